The lowest BCUT2D eigenvalue weighted by atomic mass is 9.99. The second-order valence-electron chi connectivity index (χ2n) is 16.1. The average molecular weight is 812 g/mol. The maximum Gasteiger partial charge on any atom is 0.328 e. The van der Waals surface area contributed by atoms with Gasteiger partial charge in [-0.05, 0) is 121 Å². The van der Waals surface area contributed by atoms with Gasteiger partial charge in [0.15, 0.2) is 0 Å². The van der Waals surface area contributed by atoms with Gasteiger partial charge in [-0.2, -0.15) is 0 Å². The van der Waals surface area contributed by atoms with Gasteiger partial charge in [0.05, 0.1) is 6.61 Å². The van der Waals surface area contributed by atoms with E-state index in [2.05, 4.69) is 31.9 Å². The normalized spacial score (nSPS) is 14.5. The summed E-state index contributed by atoms with van der Waals surface area (Å²) < 4.78 is 5.19. The quantitative estimate of drug-likeness (QED) is 0.0352. The molecule has 0 bridgehead atoms. The molecule has 0 unspecified atom stereocenters. The van der Waals surface area contributed by atoms with Crippen LogP contribution in [-0.2, 0) is 38.3 Å². The fourth-order valence-electron chi connectivity index (χ4n) is 6.23. The van der Waals surface area contributed by atoms with Crippen molar-refractivity contribution in [3.63, 3.8) is 0 Å². The van der Waals surface area contributed by atoms with Crippen molar-refractivity contribution < 1.29 is 38.3 Å². The monoisotopic (exact) mass is 812 g/mol. The summed E-state index contributed by atoms with van der Waals surface area (Å²) in [6.07, 6.45) is 5.03. The van der Waals surface area contributed by atoms with Crippen LogP contribution in [0.5, 0.6) is 0 Å². The predicted molar refractivity (Wildman–Crippen MR) is 221 cm³/mol. The number of unbranched alkanes of at least 4 members (excludes halogenated alkanes) is 3. The fourth-order valence-corrected chi connectivity index (χ4v) is 6.23. The molecular weight excluding hydrogens is 734 g/mol. The van der Waals surface area contributed by atoms with Crippen molar-refractivity contribution in [3.8, 4) is 0 Å². The third kappa shape index (κ3) is 23.9. The lowest BCUT2D eigenvalue weighted by molar-refractivity contribution is -0.148. The largest absolute Gasteiger partial charge is 0.464 e. The molecule has 17 heteroatoms. The van der Waals surface area contributed by atoms with Gasteiger partial charge in [-0.15, -0.1) is 0 Å². The van der Waals surface area contributed by atoms with Crippen LogP contribution in [0.2, 0.25) is 0 Å². The third-order valence-electron chi connectivity index (χ3n) is 9.08. The molecule has 0 radical (unpaired) electrons. The second-order valence-corrected chi connectivity index (χ2v) is 16.1. The molecule has 0 heterocycles. The lowest BCUT2D eigenvalue weighted by Crippen LogP contribution is -2.59. The van der Waals surface area contributed by atoms with Gasteiger partial charge in [0.2, 0.25) is 35.4 Å². The van der Waals surface area contributed by atoms with Crippen LogP contribution in [0.25, 0.3) is 0 Å². The zero-order valence-electron chi connectivity index (χ0n) is 36.0. The van der Waals surface area contributed by atoms with Crippen molar-refractivity contribution in [1.29, 1.82) is 0 Å². The molecule has 57 heavy (non-hydrogen) atoms. The van der Waals surface area contributed by atoms with Gasteiger partial charge in [-0.3, -0.25) is 28.8 Å². The van der Waals surface area contributed by atoms with Gasteiger partial charge in [-0.1, -0.05) is 41.5 Å². The van der Waals surface area contributed by atoms with Crippen molar-refractivity contribution in [1.82, 2.24) is 31.9 Å². The van der Waals surface area contributed by atoms with E-state index in [-0.39, 0.29) is 56.0 Å². The van der Waals surface area contributed by atoms with Gasteiger partial charge in [0, 0.05) is 6.92 Å². The topological polar surface area (TPSA) is 279 Å². The number of rotatable bonds is 31. The number of carbonyl (C=O) groups is 7. The standard InChI is InChI=1S/C40H77N9O8/c1-9-57-40(56)34(24-27(6)7)49-37(53)31(18-12-15-21-43)46-39(55)33(23-26(4)5)48-36(52)30(17-11-14-20-42)45-38(54)32(22-25(2)3)47-35(51)29(44-28(8)50)16-10-13-19-41/h25-27,29-34H,9-24,41-43H2,1-8H3,(H,44,50)(H,45,54)(H,46,55)(H,47,51)(H,48,52)(H,49,53)/t29-,30-,31-,32-,33-,34-/m0/s1. The average Bonchev–Trinajstić information content (AvgIpc) is 3.12. The van der Waals surface area contributed by atoms with E-state index in [9.17, 15) is 33.6 Å². The Kier molecular flexibility index (Phi) is 28.2. The molecule has 12 N–H and O–H groups in total. The molecule has 0 spiro atoms. The Morgan fingerprint density at radius 1 is 0.439 bits per heavy atom. The van der Waals surface area contributed by atoms with Crippen molar-refractivity contribution in [3.05, 3.63) is 0 Å². The Labute approximate surface area is 341 Å². The first-order valence-corrected chi connectivity index (χ1v) is 21.0. The van der Waals surface area contributed by atoms with E-state index in [0.29, 0.717) is 71.0 Å². The van der Waals surface area contributed by atoms with Crippen molar-refractivity contribution in [2.45, 2.75) is 169 Å². The number of carbonyl (C=O) groups excluding carboxylic acids is 7. The highest BCUT2D eigenvalue weighted by Crippen LogP contribution is 2.13. The molecule has 0 saturated heterocycles. The number of hydrogen-bond donors (Lipinski definition) is 9. The smallest absolute Gasteiger partial charge is 0.328 e. The third-order valence-corrected chi connectivity index (χ3v) is 9.08. The van der Waals surface area contributed by atoms with E-state index in [1.807, 2.05) is 41.5 Å². The van der Waals surface area contributed by atoms with Gasteiger partial charge >= 0.3 is 5.97 Å². The summed E-state index contributed by atoms with van der Waals surface area (Å²) in [5.74, 6) is -3.85. The lowest BCUT2D eigenvalue weighted by Gasteiger charge is -2.28. The summed E-state index contributed by atoms with van der Waals surface area (Å²) >= 11 is 0. The summed E-state index contributed by atoms with van der Waals surface area (Å²) in [6.45, 7) is 15.7. The Balaban J connectivity index is 6.38. The highest BCUT2D eigenvalue weighted by molar-refractivity contribution is 5.96. The molecule has 0 aromatic heterocycles. The van der Waals surface area contributed by atoms with Crippen LogP contribution >= 0.6 is 0 Å². The fraction of sp³-hybridized carbons (Fsp3) is 0.825. The summed E-state index contributed by atoms with van der Waals surface area (Å²) in [6, 6.07) is -6.00. The molecule has 330 valence electrons. The van der Waals surface area contributed by atoms with E-state index < -0.39 is 71.8 Å². The Bertz CT molecular complexity index is 1230. The van der Waals surface area contributed by atoms with Crippen LogP contribution < -0.4 is 49.1 Å². The first-order chi connectivity index (χ1) is 26.9. The van der Waals surface area contributed by atoms with E-state index in [1.54, 1.807) is 6.92 Å². The SMILES string of the molecule is CCOC(=O)[C@H](CC(C)C)NC(=O)[C@H](CCCCN)NC(=O)[C@H](CC(C)C)NC(=O)[C@H](CCCCN)NC(=O)[C@H](CC(C)C)NC(=O)[C@H](CCCCN)NC(C)=O. The van der Waals surface area contributed by atoms with Crippen LogP contribution in [0.3, 0.4) is 0 Å². The van der Waals surface area contributed by atoms with Crippen LogP contribution in [0.4, 0.5) is 0 Å². The first kappa shape index (κ1) is 53.2. The molecule has 0 rings (SSSR count). The highest BCUT2D eigenvalue weighted by atomic mass is 16.5. The number of ether oxygens (including phenoxy) is 1. The number of amides is 6. The van der Waals surface area contributed by atoms with Crippen LogP contribution in [-0.4, -0.2) is 104 Å². The van der Waals surface area contributed by atoms with Gasteiger partial charge in [0.25, 0.3) is 0 Å². The molecule has 0 saturated carbocycles. The molecule has 0 aliphatic heterocycles. The minimum absolute atomic E-state index is 0.0194. The first-order valence-electron chi connectivity index (χ1n) is 21.0. The van der Waals surface area contributed by atoms with E-state index >= 15 is 0 Å². The summed E-state index contributed by atoms with van der Waals surface area (Å²) in [5, 5.41) is 16.6. The minimum atomic E-state index is -1.08. The maximum atomic E-state index is 14.0. The predicted octanol–water partition coefficient (Wildman–Crippen LogP) is 1.00. The van der Waals surface area contributed by atoms with Crippen molar-refractivity contribution in [2.75, 3.05) is 26.2 Å². The zero-order valence-corrected chi connectivity index (χ0v) is 36.0. The molecule has 6 amide bonds. The van der Waals surface area contributed by atoms with Crippen LogP contribution in [0.1, 0.15) is 132 Å². The second kappa shape index (κ2) is 30.3. The van der Waals surface area contributed by atoms with Crippen molar-refractivity contribution >= 4 is 41.4 Å². The Morgan fingerprint density at radius 2 is 0.719 bits per heavy atom. The zero-order chi connectivity index (χ0) is 43.5. The Hall–Kier alpha value is -3.83. The molecule has 0 aromatic rings. The molecular formula is C40H77N9O8. The van der Waals surface area contributed by atoms with Gasteiger partial charge in [0.1, 0.15) is 36.3 Å². The van der Waals surface area contributed by atoms with Crippen LogP contribution in [0, 0.1) is 17.8 Å². The summed E-state index contributed by atoms with van der Waals surface area (Å²) in [7, 11) is 0. The van der Waals surface area contributed by atoms with Gasteiger partial charge in [-0.25, -0.2) is 4.79 Å². The minimum Gasteiger partial charge on any atom is -0.464 e. The molecule has 0 aliphatic carbocycles. The molecule has 17 nitrogen and oxygen atoms in total. The van der Waals surface area contributed by atoms with Crippen LogP contribution in [0.15, 0.2) is 0 Å². The number of nitrogens with two attached hydrogens (primary N) is 3. The Morgan fingerprint density at radius 3 is 1.02 bits per heavy atom. The summed E-state index contributed by atoms with van der Waals surface area (Å²) in [4.78, 5) is 93.4. The number of hydrogen-bond acceptors (Lipinski definition) is 11. The van der Waals surface area contributed by atoms with Crippen molar-refractivity contribution in [2.24, 2.45) is 35.0 Å². The molecule has 6 atom stereocenters. The molecule has 0 aromatic carbocycles. The van der Waals surface area contributed by atoms with E-state index in [0.717, 1.165) is 0 Å². The highest BCUT2D eigenvalue weighted by Gasteiger charge is 2.34. The molecule has 0 fully saturated rings. The summed E-state index contributed by atoms with van der Waals surface area (Å²) in [5.41, 5.74) is 17.1. The maximum absolute atomic E-state index is 14.0. The number of nitrogens with one attached hydrogen (secondary N) is 6. The van der Waals surface area contributed by atoms with E-state index in [4.69, 9.17) is 21.9 Å². The molecule has 0 aliphatic rings. The number of esters is 1. The van der Waals surface area contributed by atoms with E-state index in [1.165, 1.54) is 6.92 Å². The van der Waals surface area contributed by atoms with Gasteiger partial charge < -0.3 is 53.8 Å².